The molecule has 0 saturated carbocycles. The van der Waals surface area contributed by atoms with Crippen LogP contribution in [0.15, 0.2) is 29.2 Å². The molecule has 0 saturated heterocycles. The first-order valence-electron chi connectivity index (χ1n) is 5.30. The third-order valence-corrected chi connectivity index (χ3v) is 3.98. The van der Waals surface area contributed by atoms with Crippen molar-refractivity contribution in [3.63, 3.8) is 0 Å². The van der Waals surface area contributed by atoms with Gasteiger partial charge in [-0.25, -0.2) is 13.1 Å². The molecule has 0 atom stereocenters. The highest BCUT2D eigenvalue weighted by Gasteiger charge is 2.27. The lowest BCUT2D eigenvalue weighted by molar-refractivity contribution is -0.125. The van der Waals surface area contributed by atoms with Crippen LogP contribution >= 0.6 is 0 Å². The molecule has 0 radical (unpaired) electrons. The first-order valence-corrected chi connectivity index (χ1v) is 6.78. The van der Waals surface area contributed by atoms with Crippen LogP contribution in [0.5, 0.6) is 0 Å². The van der Waals surface area contributed by atoms with Gasteiger partial charge in [0.2, 0.25) is 15.9 Å². The molecule has 0 heterocycles. The molecule has 0 fully saturated rings. The van der Waals surface area contributed by atoms with Crippen LogP contribution < -0.4 is 16.2 Å². The van der Waals surface area contributed by atoms with Gasteiger partial charge in [0.1, 0.15) is 0 Å². The molecule has 0 aromatic heterocycles. The number of carbonyl (C=O) groups is 1. The molecule has 0 aliphatic carbocycles. The lowest BCUT2D eigenvalue weighted by Crippen LogP contribution is -2.42. The van der Waals surface area contributed by atoms with E-state index in [1.807, 2.05) is 0 Å². The van der Waals surface area contributed by atoms with Crippen LogP contribution in [0.3, 0.4) is 0 Å². The predicted octanol–water partition coefficient (Wildman–Crippen LogP) is 0.0586. The molecule has 0 aliphatic rings. The molecule has 7 heteroatoms. The van der Waals surface area contributed by atoms with E-state index >= 15 is 0 Å². The van der Waals surface area contributed by atoms with Gasteiger partial charge in [-0.15, -0.1) is 0 Å². The van der Waals surface area contributed by atoms with E-state index in [2.05, 4.69) is 4.72 Å². The Bertz CT molecular complexity index is 535. The second kappa shape index (κ2) is 4.95. The van der Waals surface area contributed by atoms with E-state index in [4.69, 9.17) is 11.5 Å². The van der Waals surface area contributed by atoms with Gasteiger partial charge in [0.05, 0.1) is 10.3 Å². The summed E-state index contributed by atoms with van der Waals surface area (Å²) in [5.74, 6) is -0.567. The number of hydrogen-bond acceptors (Lipinski definition) is 4. The summed E-state index contributed by atoms with van der Waals surface area (Å²) in [6, 6.07) is 5.78. The third kappa shape index (κ3) is 3.44. The highest BCUT2D eigenvalue weighted by Crippen LogP contribution is 2.15. The molecule has 18 heavy (non-hydrogen) atoms. The Morgan fingerprint density at radius 3 is 2.22 bits per heavy atom. The molecule has 1 aromatic rings. The molecule has 0 spiro atoms. The van der Waals surface area contributed by atoms with Crippen LogP contribution in [0, 0.1) is 5.41 Å². The van der Waals surface area contributed by atoms with Crippen molar-refractivity contribution in [1.82, 2.24) is 4.72 Å². The first-order chi connectivity index (χ1) is 8.15. The Balaban J connectivity index is 2.84. The van der Waals surface area contributed by atoms with Gasteiger partial charge in [0.25, 0.3) is 0 Å². The van der Waals surface area contributed by atoms with Crippen molar-refractivity contribution in [3.8, 4) is 0 Å². The Labute approximate surface area is 106 Å². The van der Waals surface area contributed by atoms with E-state index in [1.165, 1.54) is 24.3 Å². The zero-order valence-corrected chi connectivity index (χ0v) is 11.1. The van der Waals surface area contributed by atoms with Gasteiger partial charge in [0.15, 0.2) is 0 Å². The van der Waals surface area contributed by atoms with Gasteiger partial charge < -0.3 is 11.5 Å². The first kappa shape index (κ1) is 14.5. The SMILES string of the molecule is CC(C)(CNS(=O)(=O)c1ccc(N)cc1)C(N)=O. The zero-order chi connectivity index (χ0) is 14.0. The monoisotopic (exact) mass is 271 g/mol. The van der Waals surface area contributed by atoms with Crippen LogP contribution in [0.25, 0.3) is 0 Å². The summed E-state index contributed by atoms with van der Waals surface area (Å²) in [5, 5.41) is 0. The van der Waals surface area contributed by atoms with Crippen molar-refractivity contribution >= 4 is 21.6 Å². The Morgan fingerprint density at radius 2 is 1.78 bits per heavy atom. The second-order valence-electron chi connectivity index (χ2n) is 4.64. The molecule has 6 nitrogen and oxygen atoms in total. The number of sulfonamides is 1. The summed E-state index contributed by atoms with van der Waals surface area (Å²) in [6.07, 6.45) is 0. The maximum atomic E-state index is 11.9. The predicted molar refractivity (Wildman–Crippen MR) is 69.0 cm³/mol. The van der Waals surface area contributed by atoms with Gasteiger partial charge in [0, 0.05) is 12.2 Å². The molecule has 5 N–H and O–H groups in total. The Kier molecular flexibility index (Phi) is 3.98. The number of nitrogen functional groups attached to an aromatic ring is 1. The van der Waals surface area contributed by atoms with Crippen LogP contribution in [0.2, 0.25) is 0 Å². The van der Waals surface area contributed by atoms with Gasteiger partial charge in [-0.3, -0.25) is 4.79 Å². The van der Waals surface area contributed by atoms with E-state index in [9.17, 15) is 13.2 Å². The Morgan fingerprint density at radius 1 is 1.28 bits per heavy atom. The largest absolute Gasteiger partial charge is 0.399 e. The molecular formula is C11H17N3O3S. The number of nitrogens with one attached hydrogen (secondary N) is 1. The molecule has 0 unspecified atom stereocenters. The van der Waals surface area contributed by atoms with Crippen molar-refractivity contribution in [2.75, 3.05) is 12.3 Å². The highest BCUT2D eigenvalue weighted by molar-refractivity contribution is 7.89. The quantitative estimate of drug-likeness (QED) is 0.657. The van der Waals surface area contributed by atoms with Crippen LogP contribution in [-0.2, 0) is 14.8 Å². The number of amides is 1. The van der Waals surface area contributed by atoms with Crippen LogP contribution in [-0.4, -0.2) is 20.9 Å². The summed E-state index contributed by atoms with van der Waals surface area (Å²) < 4.78 is 26.2. The van der Waals surface area contributed by atoms with Crippen molar-refractivity contribution in [2.45, 2.75) is 18.7 Å². The average Bonchev–Trinajstić information content (AvgIpc) is 2.27. The van der Waals surface area contributed by atoms with Gasteiger partial charge in [-0.05, 0) is 38.1 Å². The highest BCUT2D eigenvalue weighted by atomic mass is 32.2. The van der Waals surface area contributed by atoms with Gasteiger partial charge >= 0.3 is 0 Å². The second-order valence-corrected chi connectivity index (χ2v) is 6.41. The molecule has 1 rings (SSSR count). The number of rotatable bonds is 5. The smallest absolute Gasteiger partial charge is 0.240 e. The lowest BCUT2D eigenvalue weighted by atomic mass is 9.93. The molecule has 100 valence electrons. The fourth-order valence-corrected chi connectivity index (χ4v) is 2.30. The molecular weight excluding hydrogens is 254 g/mol. The van der Waals surface area contributed by atoms with Crippen molar-refractivity contribution in [2.24, 2.45) is 11.1 Å². The van der Waals surface area contributed by atoms with E-state index in [0.29, 0.717) is 5.69 Å². The average molecular weight is 271 g/mol. The molecule has 0 aliphatic heterocycles. The van der Waals surface area contributed by atoms with E-state index in [0.717, 1.165) is 0 Å². The minimum absolute atomic E-state index is 0.0605. The van der Waals surface area contributed by atoms with Crippen LogP contribution in [0.4, 0.5) is 5.69 Å². The van der Waals surface area contributed by atoms with Crippen molar-refractivity contribution in [1.29, 1.82) is 0 Å². The summed E-state index contributed by atoms with van der Waals surface area (Å²) in [7, 11) is -3.66. The van der Waals surface area contributed by atoms with Crippen LogP contribution in [0.1, 0.15) is 13.8 Å². The Hall–Kier alpha value is -1.60. The minimum atomic E-state index is -3.66. The molecule has 1 amide bonds. The number of carbonyl (C=O) groups excluding carboxylic acids is 1. The number of hydrogen-bond donors (Lipinski definition) is 3. The summed E-state index contributed by atoms with van der Waals surface area (Å²) in [4.78, 5) is 11.2. The third-order valence-electron chi connectivity index (χ3n) is 2.56. The van der Waals surface area contributed by atoms with Crippen molar-refractivity contribution < 1.29 is 13.2 Å². The zero-order valence-electron chi connectivity index (χ0n) is 10.3. The maximum Gasteiger partial charge on any atom is 0.240 e. The molecule has 1 aromatic carbocycles. The van der Waals surface area contributed by atoms with Crippen molar-refractivity contribution in [3.05, 3.63) is 24.3 Å². The van der Waals surface area contributed by atoms with E-state index in [1.54, 1.807) is 13.8 Å². The van der Waals surface area contributed by atoms with Gasteiger partial charge in [-0.1, -0.05) is 0 Å². The normalized spacial score (nSPS) is 12.3. The number of anilines is 1. The summed E-state index contributed by atoms with van der Waals surface area (Å²) >= 11 is 0. The van der Waals surface area contributed by atoms with Gasteiger partial charge in [-0.2, -0.15) is 0 Å². The standard InChI is InChI=1S/C11H17N3O3S/c1-11(2,10(13)15)7-14-18(16,17)9-5-3-8(12)4-6-9/h3-6,14H,7,12H2,1-2H3,(H2,13,15). The van der Waals surface area contributed by atoms with E-state index < -0.39 is 21.3 Å². The maximum absolute atomic E-state index is 11.9. The topological polar surface area (TPSA) is 115 Å². The fourth-order valence-electron chi connectivity index (χ4n) is 1.09. The lowest BCUT2D eigenvalue weighted by Gasteiger charge is -2.20. The summed E-state index contributed by atoms with van der Waals surface area (Å²) in [5.41, 5.74) is 10.2. The fraction of sp³-hybridized carbons (Fsp3) is 0.364. The minimum Gasteiger partial charge on any atom is -0.399 e. The van der Waals surface area contributed by atoms with E-state index in [-0.39, 0.29) is 11.4 Å². The number of benzene rings is 1. The number of primary amides is 1. The number of nitrogens with two attached hydrogens (primary N) is 2. The molecule has 0 bridgehead atoms. The summed E-state index contributed by atoms with van der Waals surface area (Å²) in [6.45, 7) is 3.08.